The van der Waals surface area contributed by atoms with Crippen LogP contribution in [0.5, 0.6) is 0 Å². The van der Waals surface area contributed by atoms with E-state index in [1.165, 1.54) is 6.92 Å². The van der Waals surface area contributed by atoms with Crippen molar-refractivity contribution in [1.82, 2.24) is 0 Å². The van der Waals surface area contributed by atoms with Crippen molar-refractivity contribution in [1.29, 1.82) is 0 Å². The summed E-state index contributed by atoms with van der Waals surface area (Å²) in [4.78, 5) is 11.1. The Bertz CT molecular complexity index is 551. The molecule has 0 bridgehead atoms. The number of carbonyl (C=O) groups is 1. The highest BCUT2D eigenvalue weighted by molar-refractivity contribution is 5.65. The lowest BCUT2D eigenvalue weighted by molar-refractivity contribution is -0.147. The van der Waals surface area contributed by atoms with Crippen molar-refractivity contribution in [3.05, 3.63) is 35.9 Å². The molecule has 0 aromatic heterocycles. The molecule has 130 valence electrons. The maximum Gasteiger partial charge on any atom is 0.302 e. The van der Waals surface area contributed by atoms with Gasteiger partial charge in [0.25, 0.3) is 0 Å². The first-order valence-electron chi connectivity index (χ1n) is 8.06. The second kappa shape index (κ2) is 9.43. The summed E-state index contributed by atoms with van der Waals surface area (Å²) in [5.74, 6) is 2.22. The molecule has 1 aromatic carbocycles. The molecule has 0 spiro atoms. The van der Waals surface area contributed by atoms with Gasteiger partial charge in [0, 0.05) is 26.9 Å². The Morgan fingerprint density at radius 2 is 2.00 bits per heavy atom. The van der Waals surface area contributed by atoms with E-state index in [0.29, 0.717) is 19.4 Å². The average molecular weight is 332 g/mol. The van der Waals surface area contributed by atoms with Crippen LogP contribution in [0.4, 0.5) is 0 Å². The number of hydrogen-bond donors (Lipinski definition) is 0. The number of carbonyl (C=O) groups excluding carboxylic acids is 1. The highest BCUT2D eigenvalue weighted by atomic mass is 16.6. The molecule has 24 heavy (non-hydrogen) atoms. The van der Waals surface area contributed by atoms with Gasteiger partial charge in [-0.05, 0) is 5.56 Å². The molecule has 0 N–H and O–H groups in total. The van der Waals surface area contributed by atoms with E-state index in [4.69, 9.17) is 25.4 Å². The summed E-state index contributed by atoms with van der Waals surface area (Å²) >= 11 is 0. The monoisotopic (exact) mass is 332 g/mol. The summed E-state index contributed by atoms with van der Waals surface area (Å²) in [6.45, 7) is 1.96. The maximum atomic E-state index is 11.1. The van der Waals surface area contributed by atoms with E-state index in [0.717, 1.165) is 5.56 Å². The first-order valence-corrected chi connectivity index (χ1v) is 8.06. The predicted octanol–water partition coefficient (Wildman–Crippen LogP) is 1.98. The van der Waals surface area contributed by atoms with E-state index < -0.39 is 0 Å². The van der Waals surface area contributed by atoms with Crippen molar-refractivity contribution >= 4 is 5.97 Å². The van der Waals surface area contributed by atoms with Gasteiger partial charge in [0.1, 0.15) is 24.9 Å². The van der Waals surface area contributed by atoms with Gasteiger partial charge in [0.15, 0.2) is 0 Å². The first-order chi connectivity index (χ1) is 11.7. The van der Waals surface area contributed by atoms with Gasteiger partial charge in [-0.3, -0.25) is 4.79 Å². The van der Waals surface area contributed by atoms with Gasteiger partial charge in [-0.15, -0.1) is 12.3 Å². The number of hydrogen-bond acceptors (Lipinski definition) is 5. The summed E-state index contributed by atoms with van der Waals surface area (Å²) < 4.78 is 22.7. The van der Waals surface area contributed by atoms with Gasteiger partial charge in [-0.2, -0.15) is 0 Å². The highest BCUT2D eigenvalue weighted by Crippen LogP contribution is 2.29. The smallest absolute Gasteiger partial charge is 0.302 e. The van der Waals surface area contributed by atoms with Gasteiger partial charge < -0.3 is 18.9 Å². The van der Waals surface area contributed by atoms with Gasteiger partial charge in [0.2, 0.25) is 0 Å². The molecule has 1 heterocycles. The van der Waals surface area contributed by atoms with Gasteiger partial charge in [-0.1, -0.05) is 30.3 Å². The van der Waals surface area contributed by atoms with E-state index in [1.54, 1.807) is 7.11 Å². The van der Waals surface area contributed by atoms with Gasteiger partial charge in [-0.25, -0.2) is 0 Å². The maximum absolute atomic E-state index is 11.1. The number of rotatable bonds is 8. The Labute approximate surface area is 143 Å². The van der Waals surface area contributed by atoms with Crippen molar-refractivity contribution in [2.24, 2.45) is 0 Å². The minimum absolute atomic E-state index is 0.147. The lowest BCUT2D eigenvalue weighted by atomic mass is 10.0. The molecule has 1 aliphatic rings. The molecule has 1 fully saturated rings. The second-order valence-corrected chi connectivity index (χ2v) is 5.70. The molecule has 1 unspecified atom stereocenters. The van der Waals surface area contributed by atoms with Crippen molar-refractivity contribution in [2.45, 2.75) is 44.2 Å². The summed E-state index contributed by atoms with van der Waals surface area (Å²) in [5.41, 5.74) is 1.15. The minimum atomic E-state index is -0.358. The number of benzene rings is 1. The number of ether oxygens (including phenoxy) is 4. The molecule has 1 saturated heterocycles. The van der Waals surface area contributed by atoms with Crippen molar-refractivity contribution in [2.75, 3.05) is 20.3 Å². The standard InChI is InChI=1S/C19H24O5/c1-4-5-11-22-19-16(12-15-9-7-6-8-10-15)24-17(18(19)21-3)13-23-14(2)20/h1,6-10,16-19H,5,11-13H2,2-3H3/t16-,17+,18?,19+/m0/s1. The van der Waals surface area contributed by atoms with Crippen molar-refractivity contribution in [3.63, 3.8) is 0 Å². The van der Waals surface area contributed by atoms with Crippen LogP contribution >= 0.6 is 0 Å². The van der Waals surface area contributed by atoms with Crippen LogP contribution in [0, 0.1) is 12.3 Å². The minimum Gasteiger partial charge on any atom is -0.463 e. The van der Waals surface area contributed by atoms with Crippen LogP contribution in [0.25, 0.3) is 0 Å². The molecule has 1 aromatic rings. The zero-order valence-corrected chi connectivity index (χ0v) is 14.1. The van der Waals surface area contributed by atoms with E-state index in [1.807, 2.05) is 30.3 Å². The average Bonchev–Trinajstić information content (AvgIpc) is 2.91. The third kappa shape index (κ3) is 5.07. The molecule has 2 rings (SSSR count). The topological polar surface area (TPSA) is 54.0 Å². The van der Waals surface area contributed by atoms with Crippen LogP contribution in [0.3, 0.4) is 0 Å². The Hall–Kier alpha value is -1.87. The van der Waals surface area contributed by atoms with Crippen LogP contribution in [0.15, 0.2) is 30.3 Å². The fourth-order valence-electron chi connectivity index (χ4n) is 2.89. The zero-order valence-electron chi connectivity index (χ0n) is 14.1. The van der Waals surface area contributed by atoms with E-state index in [9.17, 15) is 4.79 Å². The molecule has 5 nitrogen and oxygen atoms in total. The fourth-order valence-corrected chi connectivity index (χ4v) is 2.89. The Balaban J connectivity index is 2.08. The first kappa shape index (κ1) is 18.5. The Kier molecular flexibility index (Phi) is 7.26. The SMILES string of the molecule is C#CCCO[C@H]1C(OC)[C@@H](COC(C)=O)O[C@H]1Cc1ccccc1. The molecular formula is C19H24O5. The van der Waals surface area contributed by atoms with Gasteiger partial charge in [0.05, 0.1) is 12.7 Å². The van der Waals surface area contributed by atoms with Crippen LogP contribution in [0.2, 0.25) is 0 Å². The molecule has 0 amide bonds. The van der Waals surface area contributed by atoms with E-state index in [-0.39, 0.29) is 37.0 Å². The molecule has 5 heteroatoms. The van der Waals surface area contributed by atoms with Crippen molar-refractivity contribution < 1.29 is 23.7 Å². The van der Waals surface area contributed by atoms with Gasteiger partial charge >= 0.3 is 5.97 Å². The summed E-state index contributed by atoms with van der Waals surface area (Å²) in [6.07, 6.45) is 5.40. The summed E-state index contributed by atoms with van der Waals surface area (Å²) in [5, 5.41) is 0. The van der Waals surface area contributed by atoms with Crippen LogP contribution < -0.4 is 0 Å². The third-order valence-corrected chi connectivity index (χ3v) is 3.97. The molecule has 0 saturated carbocycles. The number of methoxy groups -OCH3 is 1. The zero-order chi connectivity index (χ0) is 17.4. The fraction of sp³-hybridized carbons (Fsp3) is 0.526. The second-order valence-electron chi connectivity index (χ2n) is 5.70. The Morgan fingerprint density at radius 1 is 1.25 bits per heavy atom. The highest BCUT2D eigenvalue weighted by Gasteiger charge is 2.46. The summed E-state index contributed by atoms with van der Waals surface area (Å²) in [7, 11) is 1.61. The van der Waals surface area contributed by atoms with Crippen LogP contribution in [-0.4, -0.2) is 50.7 Å². The largest absolute Gasteiger partial charge is 0.463 e. The molecule has 0 aliphatic carbocycles. The van der Waals surface area contributed by atoms with Crippen LogP contribution in [-0.2, 0) is 30.2 Å². The molecule has 4 atom stereocenters. The van der Waals surface area contributed by atoms with Crippen LogP contribution in [0.1, 0.15) is 18.9 Å². The Morgan fingerprint density at radius 3 is 2.62 bits per heavy atom. The van der Waals surface area contributed by atoms with E-state index in [2.05, 4.69) is 5.92 Å². The molecular weight excluding hydrogens is 308 g/mol. The molecule has 0 radical (unpaired) electrons. The predicted molar refractivity (Wildman–Crippen MR) is 89.4 cm³/mol. The number of terminal acetylenes is 1. The van der Waals surface area contributed by atoms with Crippen molar-refractivity contribution in [3.8, 4) is 12.3 Å². The normalized spacial score (nSPS) is 26.0. The lowest BCUT2D eigenvalue weighted by Gasteiger charge is -2.23. The molecule has 1 aliphatic heterocycles. The summed E-state index contributed by atoms with van der Waals surface area (Å²) in [6, 6.07) is 10.0. The third-order valence-electron chi connectivity index (χ3n) is 3.97. The quantitative estimate of drug-likeness (QED) is 0.414. The number of esters is 1. The van der Waals surface area contributed by atoms with E-state index >= 15 is 0 Å². The lowest BCUT2D eigenvalue weighted by Crippen LogP contribution is -2.39.